The summed E-state index contributed by atoms with van der Waals surface area (Å²) in [5.74, 6) is 3.84. The van der Waals surface area contributed by atoms with E-state index in [1.165, 1.54) is 0 Å². The van der Waals surface area contributed by atoms with Crippen molar-refractivity contribution < 1.29 is 9.53 Å². The van der Waals surface area contributed by atoms with Gasteiger partial charge in [0.2, 0.25) is 5.91 Å². The molecular formula is C24H19N3O2. The van der Waals surface area contributed by atoms with Gasteiger partial charge in [0.05, 0.1) is 11.0 Å². The van der Waals surface area contributed by atoms with Crippen LogP contribution in [0.2, 0.25) is 0 Å². The summed E-state index contributed by atoms with van der Waals surface area (Å²) in [6.07, 6.45) is 5.43. The molecule has 0 unspecified atom stereocenters. The summed E-state index contributed by atoms with van der Waals surface area (Å²) in [4.78, 5) is 17.3. The molecule has 0 aliphatic carbocycles. The van der Waals surface area contributed by atoms with E-state index in [4.69, 9.17) is 11.2 Å². The number of hydrogen-bond donors (Lipinski definition) is 1. The van der Waals surface area contributed by atoms with Gasteiger partial charge in [0.1, 0.15) is 24.7 Å². The summed E-state index contributed by atoms with van der Waals surface area (Å²) < 4.78 is 7.73. The number of terminal acetylenes is 1. The Morgan fingerprint density at radius 3 is 2.66 bits per heavy atom. The first-order valence-corrected chi connectivity index (χ1v) is 9.21. The third-order valence-electron chi connectivity index (χ3n) is 4.46. The zero-order valence-electron chi connectivity index (χ0n) is 15.7. The van der Waals surface area contributed by atoms with E-state index in [9.17, 15) is 4.79 Å². The highest BCUT2D eigenvalue weighted by Gasteiger charge is 2.14. The minimum absolute atomic E-state index is 0.119. The van der Waals surface area contributed by atoms with Crippen LogP contribution in [-0.4, -0.2) is 15.5 Å². The van der Waals surface area contributed by atoms with Gasteiger partial charge in [-0.05, 0) is 42.5 Å². The summed E-state index contributed by atoms with van der Waals surface area (Å²) in [7, 11) is 0. The number of aromatic nitrogens is 2. The second kappa shape index (κ2) is 8.32. The number of nitrogens with zero attached hydrogens (tertiary/aromatic N) is 2. The smallest absolute Gasteiger partial charge is 0.244 e. The molecule has 142 valence electrons. The van der Waals surface area contributed by atoms with Gasteiger partial charge in [0.25, 0.3) is 0 Å². The van der Waals surface area contributed by atoms with Crippen molar-refractivity contribution in [3.05, 3.63) is 90.3 Å². The Morgan fingerprint density at radius 1 is 1.03 bits per heavy atom. The van der Waals surface area contributed by atoms with Crippen LogP contribution in [0.1, 0.15) is 11.4 Å². The number of hydrogen-bond acceptors (Lipinski definition) is 3. The zero-order chi connectivity index (χ0) is 20.1. The molecule has 0 aliphatic heterocycles. The van der Waals surface area contributed by atoms with E-state index < -0.39 is 0 Å². The average Bonchev–Trinajstić information content (AvgIpc) is 3.10. The van der Waals surface area contributed by atoms with Crippen LogP contribution in [0.4, 0.5) is 5.69 Å². The monoisotopic (exact) mass is 381 g/mol. The van der Waals surface area contributed by atoms with Crippen LogP contribution in [0.25, 0.3) is 11.0 Å². The second-order valence-corrected chi connectivity index (χ2v) is 6.48. The number of carbonyl (C=O) groups excluding carboxylic acids is 1. The number of amides is 1. The zero-order valence-corrected chi connectivity index (χ0v) is 15.7. The molecule has 0 aliphatic rings. The SMILES string of the molecule is C#Cc1cccc(NC(=O)Cn2c(COc3ccccc3)nc3ccccc32)c1. The molecule has 1 N–H and O–H groups in total. The summed E-state index contributed by atoms with van der Waals surface area (Å²) in [6.45, 7) is 0.382. The van der Waals surface area contributed by atoms with Crippen molar-refractivity contribution in [2.24, 2.45) is 0 Å². The lowest BCUT2D eigenvalue weighted by atomic mass is 10.2. The molecule has 4 rings (SSSR count). The molecule has 0 spiro atoms. The maximum absolute atomic E-state index is 12.7. The van der Waals surface area contributed by atoms with E-state index in [0.29, 0.717) is 17.1 Å². The molecular weight excluding hydrogens is 362 g/mol. The van der Waals surface area contributed by atoms with Crippen LogP contribution in [-0.2, 0) is 17.9 Å². The topological polar surface area (TPSA) is 56.2 Å². The van der Waals surface area contributed by atoms with E-state index in [-0.39, 0.29) is 19.1 Å². The lowest BCUT2D eigenvalue weighted by Gasteiger charge is -2.11. The Hall–Kier alpha value is -4.04. The van der Waals surface area contributed by atoms with Crippen LogP contribution in [0, 0.1) is 12.3 Å². The molecule has 0 radical (unpaired) electrons. The maximum Gasteiger partial charge on any atom is 0.244 e. The van der Waals surface area contributed by atoms with Crippen LogP contribution in [0.3, 0.4) is 0 Å². The van der Waals surface area contributed by atoms with Crippen molar-refractivity contribution in [1.29, 1.82) is 0 Å². The fourth-order valence-corrected chi connectivity index (χ4v) is 3.11. The minimum Gasteiger partial charge on any atom is -0.486 e. The molecule has 3 aromatic carbocycles. The van der Waals surface area contributed by atoms with Gasteiger partial charge >= 0.3 is 0 Å². The number of fused-ring (bicyclic) bond motifs is 1. The molecule has 5 heteroatoms. The first-order chi connectivity index (χ1) is 14.2. The number of anilines is 1. The molecule has 29 heavy (non-hydrogen) atoms. The Kier molecular flexibility index (Phi) is 5.26. The Morgan fingerprint density at radius 2 is 1.83 bits per heavy atom. The molecule has 0 atom stereocenters. The largest absolute Gasteiger partial charge is 0.486 e. The minimum atomic E-state index is -0.164. The van der Waals surface area contributed by atoms with E-state index >= 15 is 0 Å². The van der Waals surface area contributed by atoms with Gasteiger partial charge in [0.15, 0.2) is 0 Å². The number of ether oxygens (including phenoxy) is 1. The van der Waals surface area contributed by atoms with Gasteiger partial charge in [-0.25, -0.2) is 4.98 Å². The molecule has 0 fully saturated rings. The number of rotatable bonds is 6. The second-order valence-electron chi connectivity index (χ2n) is 6.48. The van der Waals surface area contributed by atoms with E-state index in [2.05, 4.69) is 16.2 Å². The van der Waals surface area contributed by atoms with Gasteiger partial charge < -0.3 is 14.6 Å². The Bertz CT molecular complexity index is 1190. The van der Waals surface area contributed by atoms with Gasteiger partial charge in [-0.2, -0.15) is 0 Å². The summed E-state index contributed by atoms with van der Waals surface area (Å²) >= 11 is 0. The van der Waals surface area contributed by atoms with Crippen molar-refractivity contribution in [3.8, 4) is 18.1 Å². The van der Waals surface area contributed by atoms with Gasteiger partial charge in [-0.3, -0.25) is 4.79 Å². The highest BCUT2D eigenvalue weighted by molar-refractivity contribution is 5.92. The van der Waals surface area contributed by atoms with Crippen molar-refractivity contribution >= 4 is 22.6 Å². The van der Waals surface area contributed by atoms with Crippen LogP contribution in [0.5, 0.6) is 5.75 Å². The third kappa shape index (κ3) is 4.28. The molecule has 4 aromatic rings. The highest BCUT2D eigenvalue weighted by atomic mass is 16.5. The number of nitrogens with one attached hydrogen (secondary N) is 1. The standard InChI is InChI=1S/C24H19N3O2/c1-2-18-9-8-10-19(15-18)25-24(28)16-27-22-14-7-6-13-21(22)26-23(27)17-29-20-11-4-3-5-12-20/h1,3-15H,16-17H2,(H,25,28). The van der Waals surface area contributed by atoms with E-state index in [0.717, 1.165) is 16.8 Å². The average molecular weight is 381 g/mol. The third-order valence-corrected chi connectivity index (χ3v) is 4.46. The molecule has 0 saturated heterocycles. The maximum atomic E-state index is 12.7. The number of imidazole rings is 1. The molecule has 0 saturated carbocycles. The lowest BCUT2D eigenvalue weighted by molar-refractivity contribution is -0.116. The Labute approximate surface area is 169 Å². The Balaban J connectivity index is 1.56. The molecule has 1 amide bonds. The van der Waals surface area contributed by atoms with Crippen molar-refractivity contribution in [1.82, 2.24) is 9.55 Å². The predicted molar refractivity (Wildman–Crippen MR) is 114 cm³/mol. The van der Waals surface area contributed by atoms with Crippen molar-refractivity contribution in [2.45, 2.75) is 13.2 Å². The van der Waals surface area contributed by atoms with Crippen LogP contribution >= 0.6 is 0 Å². The number of benzene rings is 3. The molecule has 5 nitrogen and oxygen atoms in total. The van der Waals surface area contributed by atoms with Crippen LogP contribution < -0.4 is 10.1 Å². The van der Waals surface area contributed by atoms with E-state index in [1.807, 2.05) is 77.4 Å². The molecule has 1 heterocycles. The van der Waals surface area contributed by atoms with Gasteiger partial charge in [-0.1, -0.05) is 42.3 Å². The number of para-hydroxylation sites is 3. The fourth-order valence-electron chi connectivity index (χ4n) is 3.11. The fraction of sp³-hybridized carbons (Fsp3) is 0.0833. The predicted octanol–water partition coefficient (Wildman–Crippen LogP) is 4.24. The normalized spacial score (nSPS) is 10.4. The molecule has 0 bridgehead atoms. The lowest BCUT2D eigenvalue weighted by Crippen LogP contribution is -2.20. The van der Waals surface area contributed by atoms with E-state index in [1.54, 1.807) is 6.07 Å². The summed E-state index contributed by atoms with van der Waals surface area (Å²) in [6, 6.07) is 24.5. The first-order valence-electron chi connectivity index (χ1n) is 9.21. The quantitative estimate of drug-likeness (QED) is 0.509. The summed E-state index contributed by atoms with van der Waals surface area (Å²) in [5.41, 5.74) is 3.08. The van der Waals surface area contributed by atoms with Gasteiger partial charge in [0, 0.05) is 11.3 Å². The number of carbonyl (C=O) groups is 1. The highest BCUT2D eigenvalue weighted by Crippen LogP contribution is 2.19. The first kappa shape index (κ1) is 18.3. The van der Waals surface area contributed by atoms with Gasteiger partial charge in [-0.15, -0.1) is 6.42 Å². The van der Waals surface area contributed by atoms with Crippen molar-refractivity contribution in [2.75, 3.05) is 5.32 Å². The van der Waals surface area contributed by atoms with Crippen LogP contribution in [0.15, 0.2) is 78.9 Å². The van der Waals surface area contributed by atoms with Crippen molar-refractivity contribution in [3.63, 3.8) is 0 Å². The summed E-state index contributed by atoms with van der Waals surface area (Å²) in [5, 5.41) is 2.90. The molecule has 1 aromatic heterocycles.